The lowest BCUT2D eigenvalue weighted by Gasteiger charge is -2.14. The molecule has 2 rings (SSSR count). The van der Waals surface area contributed by atoms with Crippen molar-refractivity contribution in [3.8, 4) is 0 Å². The molecule has 1 aliphatic rings. The number of H-pyrrole nitrogens is 1. The summed E-state index contributed by atoms with van der Waals surface area (Å²) in [6, 6.07) is 0. The Bertz CT molecular complexity index is 498. The Kier molecular flexibility index (Phi) is 3.51. The van der Waals surface area contributed by atoms with E-state index in [4.69, 9.17) is 16.3 Å². The van der Waals surface area contributed by atoms with Crippen molar-refractivity contribution in [1.29, 1.82) is 0 Å². The fourth-order valence-electron chi connectivity index (χ4n) is 1.68. The summed E-state index contributed by atoms with van der Waals surface area (Å²) in [7, 11) is 0. The van der Waals surface area contributed by atoms with Gasteiger partial charge in [0.15, 0.2) is 0 Å². The summed E-state index contributed by atoms with van der Waals surface area (Å²) in [6.45, 7) is 0. The number of alkyl halides is 1. The average molecular weight is 310 g/mol. The third-order valence-electron chi connectivity index (χ3n) is 2.49. The zero-order valence-electron chi connectivity index (χ0n) is 8.28. The molecule has 16 heavy (non-hydrogen) atoms. The molecular formula is C9H10BrClN2O3. The molecule has 0 amide bonds. The lowest BCUT2D eigenvalue weighted by Crippen LogP contribution is -2.32. The number of nitrogens with zero attached hydrogens (tertiary/aromatic N) is 1. The van der Waals surface area contributed by atoms with Gasteiger partial charge in [0.2, 0.25) is 0 Å². The zero-order chi connectivity index (χ0) is 11.7. The summed E-state index contributed by atoms with van der Waals surface area (Å²) in [5, 5.41) is 0. The molecule has 1 aromatic rings. The Morgan fingerprint density at radius 1 is 1.56 bits per heavy atom. The van der Waals surface area contributed by atoms with Crippen LogP contribution in [0.2, 0.25) is 0 Å². The van der Waals surface area contributed by atoms with Crippen LogP contribution in [0.1, 0.15) is 19.1 Å². The number of halogens is 2. The first kappa shape index (κ1) is 11.9. The van der Waals surface area contributed by atoms with Crippen LogP contribution in [0.15, 0.2) is 20.3 Å². The third-order valence-corrected chi connectivity index (χ3v) is 3.40. The summed E-state index contributed by atoms with van der Waals surface area (Å²) < 4.78 is 7.24. The van der Waals surface area contributed by atoms with Gasteiger partial charge in [-0.2, -0.15) is 0 Å². The highest BCUT2D eigenvalue weighted by Gasteiger charge is 2.26. The van der Waals surface area contributed by atoms with E-state index in [9.17, 15) is 9.59 Å². The number of hydrogen-bond acceptors (Lipinski definition) is 3. The minimum Gasteiger partial charge on any atom is -0.353 e. The second kappa shape index (κ2) is 4.73. The maximum atomic E-state index is 11.5. The van der Waals surface area contributed by atoms with E-state index < -0.39 is 11.2 Å². The largest absolute Gasteiger partial charge is 0.353 e. The van der Waals surface area contributed by atoms with E-state index in [-0.39, 0.29) is 12.3 Å². The lowest BCUT2D eigenvalue weighted by molar-refractivity contribution is 0.00931. The molecule has 1 aromatic heterocycles. The van der Waals surface area contributed by atoms with Crippen molar-refractivity contribution in [2.75, 3.05) is 5.88 Å². The quantitative estimate of drug-likeness (QED) is 0.835. The Morgan fingerprint density at radius 3 is 2.94 bits per heavy atom. The first-order valence-electron chi connectivity index (χ1n) is 4.84. The third kappa shape index (κ3) is 2.23. The molecule has 2 heterocycles. The topological polar surface area (TPSA) is 64.1 Å². The van der Waals surface area contributed by atoms with E-state index in [1.54, 1.807) is 0 Å². The molecule has 0 bridgehead atoms. The van der Waals surface area contributed by atoms with E-state index in [0.29, 0.717) is 10.4 Å². The summed E-state index contributed by atoms with van der Waals surface area (Å²) in [4.78, 5) is 24.9. The van der Waals surface area contributed by atoms with Crippen LogP contribution in [0.5, 0.6) is 0 Å². The molecular weight excluding hydrogens is 299 g/mol. The molecule has 1 N–H and O–H groups in total. The molecule has 0 spiro atoms. The maximum absolute atomic E-state index is 11.5. The Balaban J connectivity index is 2.32. The van der Waals surface area contributed by atoms with Gasteiger partial charge in [-0.1, -0.05) is 0 Å². The van der Waals surface area contributed by atoms with Crippen LogP contribution < -0.4 is 11.2 Å². The van der Waals surface area contributed by atoms with Gasteiger partial charge in [-0.15, -0.1) is 11.6 Å². The van der Waals surface area contributed by atoms with Crippen LogP contribution in [-0.2, 0) is 4.74 Å². The molecule has 1 saturated heterocycles. The van der Waals surface area contributed by atoms with Crippen LogP contribution in [0.25, 0.3) is 0 Å². The number of ether oxygens (including phenoxy) is 1. The van der Waals surface area contributed by atoms with Crippen molar-refractivity contribution in [2.24, 2.45) is 0 Å². The predicted molar refractivity (Wildman–Crippen MR) is 62.9 cm³/mol. The van der Waals surface area contributed by atoms with E-state index in [1.165, 1.54) is 10.8 Å². The first-order valence-corrected chi connectivity index (χ1v) is 6.17. The summed E-state index contributed by atoms with van der Waals surface area (Å²) >= 11 is 8.75. The minimum absolute atomic E-state index is 0.0238. The van der Waals surface area contributed by atoms with Crippen molar-refractivity contribution in [2.45, 2.75) is 25.2 Å². The van der Waals surface area contributed by atoms with Crippen LogP contribution in [0.4, 0.5) is 0 Å². The molecule has 1 aliphatic heterocycles. The SMILES string of the molecule is O=c1[nH]c(=O)n([C@H]2CC[C@H](CCl)O2)cc1Br. The molecule has 0 unspecified atom stereocenters. The molecule has 5 nitrogen and oxygen atoms in total. The van der Waals surface area contributed by atoms with Gasteiger partial charge in [0.25, 0.3) is 5.56 Å². The van der Waals surface area contributed by atoms with Gasteiger partial charge in [-0.3, -0.25) is 14.3 Å². The number of aromatic nitrogens is 2. The Labute approximate surface area is 105 Å². The zero-order valence-corrected chi connectivity index (χ0v) is 10.6. The van der Waals surface area contributed by atoms with Crippen LogP contribution in [-0.4, -0.2) is 21.5 Å². The standard InChI is InChI=1S/C9H10BrClN2O3/c10-6-4-13(9(15)12-8(6)14)7-2-1-5(3-11)16-7/h4-5,7H,1-3H2,(H,12,14,15)/t5-,7-/m1/s1. The van der Waals surface area contributed by atoms with Gasteiger partial charge in [-0.25, -0.2) is 4.79 Å². The van der Waals surface area contributed by atoms with Gasteiger partial charge in [0.05, 0.1) is 10.6 Å². The Morgan fingerprint density at radius 2 is 2.31 bits per heavy atom. The molecule has 88 valence electrons. The monoisotopic (exact) mass is 308 g/mol. The number of nitrogens with one attached hydrogen (secondary N) is 1. The summed E-state index contributed by atoms with van der Waals surface area (Å²) in [5.74, 6) is 0.412. The van der Waals surface area contributed by atoms with Crippen molar-refractivity contribution in [1.82, 2.24) is 9.55 Å². The average Bonchev–Trinajstić information content (AvgIpc) is 2.71. The highest BCUT2D eigenvalue weighted by atomic mass is 79.9. The van der Waals surface area contributed by atoms with Crippen molar-refractivity contribution < 1.29 is 4.74 Å². The number of aromatic amines is 1. The van der Waals surface area contributed by atoms with Crippen molar-refractivity contribution >= 4 is 27.5 Å². The van der Waals surface area contributed by atoms with E-state index in [0.717, 1.165) is 12.8 Å². The minimum atomic E-state index is -0.464. The fourth-order valence-corrected chi connectivity index (χ4v) is 2.23. The number of rotatable bonds is 2. The summed E-state index contributed by atoms with van der Waals surface area (Å²) in [5.41, 5.74) is -0.901. The summed E-state index contributed by atoms with van der Waals surface area (Å²) in [6.07, 6.45) is 2.61. The normalized spacial score (nSPS) is 24.9. The molecule has 7 heteroatoms. The van der Waals surface area contributed by atoms with E-state index in [2.05, 4.69) is 20.9 Å². The van der Waals surface area contributed by atoms with Crippen LogP contribution >= 0.6 is 27.5 Å². The van der Waals surface area contributed by atoms with Crippen molar-refractivity contribution in [3.63, 3.8) is 0 Å². The van der Waals surface area contributed by atoms with E-state index >= 15 is 0 Å². The highest BCUT2D eigenvalue weighted by Crippen LogP contribution is 2.27. The lowest BCUT2D eigenvalue weighted by atomic mass is 10.2. The molecule has 2 atom stereocenters. The van der Waals surface area contributed by atoms with Crippen LogP contribution in [0, 0.1) is 0 Å². The first-order chi connectivity index (χ1) is 7.61. The second-order valence-corrected chi connectivity index (χ2v) is 4.75. The van der Waals surface area contributed by atoms with E-state index in [1.807, 2.05) is 0 Å². The predicted octanol–water partition coefficient (Wildman–Crippen LogP) is 1.22. The molecule has 0 saturated carbocycles. The van der Waals surface area contributed by atoms with Gasteiger partial charge < -0.3 is 4.74 Å². The highest BCUT2D eigenvalue weighted by molar-refractivity contribution is 9.10. The maximum Gasteiger partial charge on any atom is 0.330 e. The molecule has 1 fully saturated rings. The van der Waals surface area contributed by atoms with Gasteiger partial charge in [0.1, 0.15) is 6.23 Å². The smallest absolute Gasteiger partial charge is 0.330 e. The second-order valence-electron chi connectivity index (χ2n) is 3.59. The molecule has 0 aromatic carbocycles. The van der Waals surface area contributed by atoms with Crippen molar-refractivity contribution in [3.05, 3.63) is 31.5 Å². The molecule has 0 radical (unpaired) electrons. The van der Waals surface area contributed by atoms with Gasteiger partial charge in [-0.05, 0) is 28.8 Å². The van der Waals surface area contributed by atoms with Crippen LogP contribution in [0.3, 0.4) is 0 Å². The van der Waals surface area contributed by atoms with Gasteiger partial charge in [0, 0.05) is 12.1 Å². The molecule has 0 aliphatic carbocycles. The number of hydrogen-bond donors (Lipinski definition) is 1. The van der Waals surface area contributed by atoms with Gasteiger partial charge >= 0.3 is 5.69 Å². The Hall–Kier alpha value is -0.590. The fraction of sp³-hybridized carbons (Fsp3) is 0.556.